The van der Waals surface area contributed by atoms with Crippen molar-refractivity contribution in [1.82, 2.24) is 15.0 Å². The van der Waals surface area contributed by atoms with E-state index >= 15 is 0 Å². The summed E-state index contributed by atoms with van der Waals surface area (Å²) in [7, 11) is 0. The molecule has 1 N–H and O–H groups in total. The van der Waals surface area contributed by atoms with Crippen molar-refractivity contribution in [2.24, 2.45) is 0 Å². The van der Waals surface area contributed by atoms with E-state index in [2.05, 4.69) is 22.4 Å². The second-order valence-corrected chi connectivity index (χ2v) is 6.82. The van der Waals surface area contributed by atoms with Crippen LogP contribution in [0, 0.1) is 6.92 Å². The van der Waals surface area contributed by atoms with Crippen LogP contribution >= 0.6 is 0 Å². The zero-order valence-electron chi connectivity index (χ0n) is 16.4. The molecule has 146 valence electrons. The van der Waals surface area contributed by atoms with E-state index in [9.17, 15) is 4.79 Å². The predicted molar refractivity (Wildman–Crippen MR) is 114 cm³/mol. The summed E-state index contributed by atoms with van der Waals surface area (Å²) in [5.41, 5.74) is 5.22. The number of aryl methyl sites for hydroxylation is 2. The molecule has 0 saturated heterocycles. The van der Waals surface area contributed by atoms with Crippen molar-refractivity contribution in [1.29, 1.82) is 0 Å². The first kappa shape index (κ1) is 18.7. The van der Waals surface area contributed by atoms with Crippen LogP contribution in [0.4, 0.5) is 5.69 Å². The van der Waals surface area contributed by atoms with Gasteiger partial charge in [-0.05, 0) is 60.9 Å². The van der Waals surface area contributed by atoms with Gasteiger partial charge in [-0.3, -0.25) is 4.79 Å². The summed E-state index contributed by atoms with van der Waals surface area (Å²) in [6.45, 7) is 3.97. The number of carbonyl (C=O) groups excluding carboxylic acids is 1. The van der Waals surface area contributed by atoms with Crippen molar-refractivity contribution in [2.45, 2.75) is 20.3 Å². The molecule has 0 atom stereocenters. The van der Waals surface area contributed by atoms with E-state index in [-0.39, 0.29) is 12.5 Å². The summed E-state index contributed by atoms with van der Waals surface area (Å²) in [6, 6.07) is 21.2. The molecule has 4 rings (SSSR count). The Morgan fingerprint density at radius 2 is 1.69 bits per heavy atom. The van der Waals surface area contributed by atoms with Crippen molar-refractivity contribution < 1.29 is 9.53 Å². The Labute approximate surface area is 169 Å². The number of ether oxygens (including phenoxy) is 1. The average molecular weight is 386 g/mol. The average Bonchev–Trinajstić information content (AvgIpc) is 3.16. The highest BCUT2D eigenvalue weighted by Gasteiger charge is 2.11. The predicted octanol–water partition coefficient (Wildman–Crippen LogP) is 4.31. The maximum absolute atomic E-state index is 12.3. The molecule has 0 fully saturated rings. The Morgan fingerprint density at radius 1 is 1.00 bits per heavy atom. The summed E-state index contributed by atoms with van der Waals surface area (Å²) < 4.78 is 5.58. The number of amides is 1. The fraction of sp³-hybridized carbons (Fsp3) is 0.174. The third-order valence-electron chi connectivity index (χ3n) is 4.69. The fourth-order valence-electron chi connectivity index (χ4n) is 3.04. The molecular weight excluding hydrogens is 364 g/mol. The van der Waals surface area contributed by atoms with Crippen LogP contribution in [0.2, 0.25) is 0 Å². The zero-order valence-corrected chi connectivity index (χ0v) is 16.4. The van der Waals surface area contributed by atoms with Gasteiger partial charge >= 0.3 is 0 Å². The van der Waals surface area contributed by atoms with E-state index in [1.807, 2.05) is 73.7 Å². The van der Waals surface area contributed by atoms with E-state index in [1.165, 1.54) is 5.56 Å². The molecule has 0 bridgehead atoms. The Kier molecular flexibility index (Phi) is 5.24. The maximum Gasteiger partial charge on any atom is 0.262 e. The van der Waals surface area contributed by atoms with Gasteiger partial charge in [-0.1, -0.05) is 37.3 Å². The molecule has 0 aliphatic carbocycles. The zero-order chi connectivity index (χ0) is 20.2. The molecule has 6 heteroatoms. The number of nitrogens with one attached hydrogen (secondary N) is 1. The highest BCUT2D eigenvalue weighted by Crippen LogP contribution is 2.22. The summed E-state index contributed by atoms with van der Waals surface area (Å²) >= 11 is 0. The first-order chi connectivity index (χ1) is 14.1. The molecule has 0 spiro atoms. The van der Waals surface area contributed by atoms with E-state index < -0.39 is 0 Å². The van der Waals surface area contributed by atoms with Gasteiger partial charge in [0.2, 0.25) is 0 Å². The number of nitrogens with zero attached hydrogens (tertiary/aromatic N) is 3. The van der Waals surface area contributed by atoms with Crippen LogP contribution in [-0.2, 0) is 11.2 Å². The first-order valence-corrected chi connectivity index (χ1v) is 9.57. The number of carbonyl (C=O) groups is 1. The van der Waals surface area contributed by atoms with Gasteiger partial charge in [0.05, 0.1) is 5.69 Å². The van der Waals surface area contributed by atoms with E-state index in [0.717, 1.165) is 23.2 Å². The molecule has 6 nitrogen and oxygen atoms in total. The van der Waals surface area contributed by atoms with Crippen LogP contribution < -0.4 is 10.1 Å². The number of benzene rings is 3. The third kappa shape index (κ3) is 4.27. The van der Waals surface area contributed by atoms with Crippen LogP contribution in [0.15, 0.2) is 66.7 Å². The lowest BCUT2D eigenvalue weighted by molar-refractivity contribution is -0.118. The van der Waals surface area contributed by atoms with Crippen LogP contribution in [-0.4, -0.2) is 27.5 Å². The van der Waals surface area contributed by atoms with Gasteiger partial charge in [0.15, 0.2) is 6.61 Å². The summed E-state index contributed by atoms with van der Waals surface area (Å²) in [5, 5.41) is 12.0. The lowest BCUT2D eigenvalue weighted by Crippen LogP contribution is -2.20. The van der Waals surface area contributed by atoms with Crippen LogP contribution in [0.3, 0.4) is 0 Å². The van der Waals surface area contributed by atoms with Gasteiger partial charge < -0.3 is 10.1 Å². The van der Waals surface area contributed by atoms with E-state index in [4.69, 9.17) is 4.74 Å². The van der Waals surface area contributed by atoms with Gasteiger partial charge in [0.1, 0.15) is 16.8 Å². The highest BCUT2D eigenvalue weighted by atomic mass is 16.5. The minimum absolute atomic E-state index is 0.0559. The third-order valence-corrected chi connectivity index (χ3v) is 4.69. The Balaban J connectivity index is 1.46. The second-order valence-electron chi connectivity index (χ2n) is 6.82. The monoisotopic (exact) mass is 386 g/mol. The molecule has 0 radical (unpaired) electrons. The van der Waals surface area contributed by atoms with Gasteiger partial charge in [0, 0.05) is 5.69 Å². The minimum Gasteiger partial charge on any atom is -0.484 e. The van der Waals surface area contributed by atoms with Crippen molar-refractivity contribution in [3.05, 3.63) is 77.9 Å². The second kappa shape index (κ2) is 8.14. The summed E-state index contributed by atoms with van der Waals surface area (Å²) in [4.78, 5) is 13.9. The molecule has 0 saturated carbocycles. The molecule has 1 aromatic heterocycles. The standard InChI is InChI=1S/C23H22N4O2/c1-3-17-9-11-19(12-10-17)29-15-23(28)24-20-14-22-21(13-16(20)2)25-27(26-22)18-7-5-4-6-8-18/h4-14H,3,15H2,1-2H3,(H,24,28). The first-order valence-electron chi connectivity index (χ1n) is 9.57. The largest absolute Gasteiger partial charge is 0.484 e. The fourth-order valence-corrected chi connectivity index (χ4v) is 3.04. The molecule has 0 unspecified atom stereocenters. The molecule has 4 aromatic rings. The minimum atomic E-state index is -0.220. The number of anilines is 1. The van der Waals surface area contributed by atoms with Gasteiger partial charge in [-0.2, -0.15) is 4.80 Å². The summed E-state index contributed by atoms with van der Waals surface area (Å²) in [5.74, 6) is 0.456. The number of fused-ring (bicyclic) bond motifs is 1. The van der Waals surface area contributed by atoms with Gasteiger partial charge in [-0.25, -0.2) is 0 Å². The van der Waals surface area contributed by atoms with E-state index in [1.54, 1.807) is 4.80 Å². The Hall–Kier alpha value is -3.67. The lowest BCUT2D eigenvalue weighted by Gasteiger charge is -2.10. The van der Waals surface area contributed by atoms with Crippen molar-refractivity contribution >= 4 is 22.6 Å². The quantitative estimate of drug-likeness (QED) is 0.536. The lowest BCUT2D eigenvalue weighted by atomic mass is 10.1. The van der Waals surface area contributed by atoms with Crippen molar-refractivity contribution in [3.8, 4) is 11.4 Å². The van der Waals surface area contributed by atoms with E-state index in [0.29, 0.717) is 17.0 Å². The molecule has 0 aliphatic rings. The maximum atomic E-state index is 12.3. The SMILES string of the molecule is CCc1ccc(OCC(=O)Nc2cc3nn(-c4ccccc4)nc3cc2C)cc1. The highest BCUT2D eigenvalue weighted by molar-refractivity contribution is 5.95. The number of hydrogen-bond donors (Lipinski definition) is 1. The summed E-state index contributed by atoms with van der Waals surface area (Å²) in [6.07, 6.45) is 0.970. The topological polar surface area (TPSA) is 69.0 Å². The number of hydrogen-bond acceptors (Lipinski definition) is 4. The van der Waals surface area contributed by atoms with Crippen LogP contribution in [0.5, 0.6) is 5.75 Å². The van der Waals surface area contributed by atoms with Crippen molar-refractivity contribution in [2.75, 3.05) is 11.9 Å². The number of rotatable bonds is 6. The van der Waals surface area contributed by atoms with Gasteiger partial charge in [-0.15, -0.1) is 10.2 Å². The molecule has 29 heavy (non-hydrogen) atoms. The van der Waals surface area contributed by atoms with Crippen molar-refractivity contribution in [3.63, 3.8) is 0 Å². The Morgan fingerprint density at radius 3 is 2.38 bits per heavy atom. The van der Waals surface area contributed by atoms with Gasteiger partial charge in [0.25, 0.3) is 5.91 Å². The van der Waals surface area contributed by atoms with Crippen LogP contribution in [0.25, 0.3) is 16.7 Å². The normalized spacial score (nSPS) is 10.8. The molecular formula is C23H22N4O2. The smallest absolute Gasteiger partial charge is 0.262 e. The molecule has 1 amide bonds. The number of para-hydroxylation sites is 1. The van der Waals surface area contributed by atoms with Crippen LogP contribution in [0.1, 0.15) is 18.1 Å². The molecule has 3 aromatic carbocycles. The molecule has 1 heterocycles. The Bertz CT molecular complexity index is 1130. The molecule has 0 aliphatic heterocycles. The number of aromatic nitrogens is 3.